The van der Waals surface area contributed by atoms with Crippen LogP contribution in [-0.4, -0.2) is 47.0 Å². The standard InChI is InChI=1S/C14H19Cl2N3/c15-13-6-17-7-14(16)12(13)10-18-8-11(9-18)19-4-2-1-3-5-19/h6-7,11H,1-5,8-10H2. The van der Waals surface area contributed by atoms with E-state index in [9.17, 15) is 0 Å². The molecule has 0 N–H and O–H groups in total. The van der Waals surface area contributed by atoms with E-state index in [0.717, 1.165) is 31.2 Å². The molecule has 19 heavy (non-hydrogen) atoms. The van der Waals surface area contributed by atoms with E-state index < -0.39 is 0 Å². The van der Waals surface area contributed by atoms with Crippen LogP contribution in [0.1, 0.15) is 24.8 Å². The molecule has 0 amide bonds. The van der Waals surface area contributed by atoms with Gasteiger partial charge in [-0.15, -0.1) is 0 Å². The molecule has 0 aliphatic carbocycles. The van der Waals surface area contributed by atoms with Crippen molar-refractivity contribution >= 4 is 23.2 Å². The Labute approximate surface area is 124 Å². The summed E-state index contributed by atoms with van der Waals surface area (Å²) >= 11 is 12.3. The molecule has 2 aliphatic rings. The summed E-state index contributed by atoms with van der Waals surface area (Å²) in [7, 11) is 0. The number of hydrogen-bond acceptors (Lipinski definition) is 3. The van der Waals surface area contributed by atoms with Gasteiger partial charge in [0.25, 0.3) is 0 Å². The lowest BCUT2D eigenvalue weighted by Gasteiger charge is -2.47. The predicted octanol–water partition coefficient (Wildman–Crippen LogP) is 3.06. The Morgan fingerprint density at radius 3 is 2.32 bits per heavy atom. The average Bonchev–Trinajstić information content (AvgIpc) is 2.37. The second-order valence-electron chi connectivity index (χ2n) is 5.53. The molecule has 0 spiro atoms. The van der Waals surface area contributed by atoms with Gasteiger partial charge in [-0.05, 0) is 25.9 Å². The molecule has 3 rings (SSSR count). The fourth-order valence-corrected chi connectivity index (χ4v) is 3.48. The Morgan fingerprint density at radius 1 is 1.05 bits per heavy atom. The minimum absolute atomic E-state index is 0.675. The van der Waals surface area contributed by atoms with E-state index in [1.165, 1.54) is 32.4 Å². The fraction of sp³-hybridized carbons (Fsp3) is 0.643. The van der Waals surface area contributed by atoms with Crippen LogP contribution in [0.3, 0.4) is 0 Å². The van der Waals surface area contributed by atoms with Crippen LogP contribution < -0.4 is 0 Å². The topological polar surface area (TPSA) is 19.4 Å². The summed E-state index contributed by atoms with van der Waals surface area (Å²) in [6.45, 7) is 5.65. The maximum Gasteiger partial charge on any atom is 0.0649 e. The largest absolute Gasteiger partial charge is 0.298 e. The maximum absolute atomic E-state index is 6.16. The van der Waals surface area contributed by atoms with Crippen LogP contribution in [0.25, 0.3) is 0 Å². The smallest absolute Gasteiger partial charge is 0.0649 e. The zero-order chi connectivity index (χ0) is 13.2. The summed E-state index contributed by atoms with van der Waals surface area (Å²) in [6, 6.07) is 0.736. The van der Waals surface area contributed by atoms with Crippen LogP contribution in [-0.2, 0) is 6.54 Å². The van der Waals surface area contributed by atoms with E-state index in [1.54, 1.807) is 12.4 Å². The molecule has 0 saturated carbocycles. The van der Waals surface area contributed by atoms with Crippen molar-refractivity contribution in [2.45, 2.75) is 31.8 Å². The second-order valence-corrected chi connectivity index (χ2v) is 6.34. The van der Waals surface area contributed by atoms with Gasteiger partial charge in [0.2, 0.25) is 0 Å². The van der Waals surface area contributed by atoms with Crippen molar-refractivity contribution in [2.75, 3.05) is 26.2 Å². The van der Waals surface area contributed by atoms with Gasteiger partial charge in [-0.3, -0.25) is 14.8 Å². The SMILES string of the molecule is Clc1cncc(Cl)c1CN1CC(N2CCCCC2)C1. The van der Waals surface area contributed by atoms with E-state index in [1.807, 2.05) is 0 Å². The Bertz CT molecular complexity index is 420. The van der Waals surface area contributed by atoms with Crippen LogP contribution in [0.5, 0.6) is 0 Å². The van der Waals surface area contributed by atoms with Crippen molar-refractivity contribution in [1.29, 1.82) is 0 Å². The highest BCUT2D eigenvalue weighted by atomic mass is 35.5. The number of piperidine rings is 1. The molecule has 3 nitrogen and oxygen atoms in total. The van der Waals surface area contributed by atoms with Crippen LogP contribution in [0.15, 0.2) is 12.4 Å². The third kappa shape index (κ3) is 3.05. The first-order valence-corrected chi connectivity index (χ1v) is 7.74. The van der Waals surface area contributed by atoms with Gasteiger partial charge in [0, 0.05) is 43.6 Å². The van der Waals surface area contributed by atoms with Gasteiger partial charge in [0.15, 0.2) is 0 Å². The van der Waals surface area contributed by atoms with E-state index >= 15 is 0 Å². The number of halogens is 2. The first kappa shape index (κ1) is 13.6. The summed E-state index contributed by atoms with van der Waals surface area (Å²) in [5.74, 6) is 0. The van der Waals surface area contributed by atoms with Crippen LogP contribution in [0.4, 0.5) is 0 Å². The molecule has 0 unspecified atom stereocenters. The van der Waals surface area contributed by atoms with Crippen LogP contribution >= 0.6 is 23.2 Å². The van der Waals surface area contributed by atoms with Gasteiger partial charge in [-0.2, -0.15) is 0 Å². The Morgan fingerprint density at radius 2 is 1.68 bits per heavy atom. The van der Waals surface area contributed by atoms with Crippen molar-refractivity contribution in [3.05, 3.63) is 28.0 Å². The maximum atomic E-state index is 6.16. The third-order valence-electron chi connectivity index (χ3n) is 4.18. The first-order valence-electron chi connectivity index (χ1n) is 6.98. The molecule has 104 valence electrons. The average molecular weight is 300 g/mol. The Hall–Kier alpha value is -0.350. The lowest BCUT2D eigenvalue weighted by atomic mass is 10.0. The Balaban J connectivity index is 1.53. The molecular weight excluding hydrogens is 281 g/mol. The number of aromatic nitrogens is 1. The predicted molar refractivity (Wildman–Crippen MR) is 78.7 cm³/mol. The highest BCUT2D eigenvalue weighted by molar-refractivity contribution is 6.35. The summed E-state index contributed by atoms with van der Waals surface area (Å²) in [6.07, 6.45) is 7.46. The molecule has 0 atom stereocenters. The molecule has 5 heteroatoms. The van der Waals surface area contributed by atoms with E-state index in [-0.39, 0.29) is 0 Å². The molecule has 0 radical (unpaired) electrons. The van der Waals surface area contributed by atoms with Crippen molar-refractivity contribution in [1.82, 2.24) is 14.8 Å². The van der Waals surface area contributed by atoms with Gasteiger partial charge in [0.05, 0.1) is 10.0 Å². The van der Waals surface area contributed by atoms with Crippen LogP contribution in [0.2, 0.25) is 10.0 Å². The van der Waals surface area contributed by atoms with Gasteiger partial charge in [-0.1, -0.05) is 29.6 Å². The van der Waals surface area contributed by atoms with Gasteiger partial charge in [-0.25, -0.2) is 0 Å². The lowest BCUT2D eigenvalue weighted by molar-refractivity contribution is 0.0186. The molecule has 0 bridgehead atoms. The zero-order valence-electron chi connectivity index (χ0n) is 11.0. The van der Waals surface area contributed by atoms with E-state index in [0.29, 0.717) is 10.0 Å². The normalized spacial score (nSPS) is 22.4. The number of rotatable bonds is 3. The van der Waals surface area contributed by atoms with E-state index in [4.69, 9.17) is 23.2 Å². The van der Waals surface area contributed by atoms with E-state index in [2.05, 4.69) is 14.8 Å². The summed E-state index contributed by atoms with van der Waals surface area (Å²) < 4.78 is 0. The highest BCUT2D eigenvalue weighted by Gasteiger charge is 2.32. The van der Waals surface area contributed by atoms with Crippen molar-refractivity contribution in [3.8, 4) is 0 Å². The van der Waals surface area contributed by atoms with Crippen molar-refractivity contribution < 1.29 is 0 Å². The second kappa shape index (κ2) is 5.96. The molecule has 2 saturated heterocycles. The molecule has 0 aromatic carbocycles. The highest BCUT2D eigenvalue weighted by Crippen LogP contribution is 2.27. The molecule has 2 fully saturated rings. The van der Waals surface area contributed by atoms with Crippen molar-refractivity contribution in [2.24, 2.45) is 0 Å². The van der Waals surface area contributed by atoms with Gasteiger partial charge < -0.3 is 0 Å². The fourth-order valence-electron chi connectivity index (χ4n) is 3.00. The zero-order valence-corrected chi connectivity index (χ0v) is 12.5. The quantitative estimate of drug-likeness (QED) is 0.855. The van der Waals surface area contributed by atoms with Crippen LogP contribution in [0, 0.1) is 0 Å². The first-order chi connectivity index (χ1) is 9.24. The minimum Gasteiger partial charge on any atom is -0.298 e. The van der Waals surface area contributed by atoms with Crippen molar-refractivity contribution in [3.63, 3.8) is 0 Å². The summed E-state index contributed by atoms with van der Waals surface area (Å²) in [5.41, 5.74) is 1.01. The number of hydrogen-bond donors (Lipinski definition) is 0. The molecule has 1 aromatic rings. The lowest BCUT2D eigenvalue weighted by Crippen LogP contribution is -2.59. The van der Waals surface area contributed by atoms with Gasteiger partial charge in [0.1, 0.15) is 0 Å². The van der Waals surface area contributed by atoms with Gasteiger partial charge >= 0.3 is 0 Å². The minimum atomic E-state index is 0.675. The molecule has 3 heterocycles. The number of likely N-dealkylation sites (tertiary alicyclic amines) is 2. The summed E-state index contributed by atoms with van der Waals surface area (Å²) in [4.78, 5) is 9.04. The summed E-state index contributed by atoms with van der Waals surface area (Å²) in [5, 5.41) is 1.35. The monoisotopic (exact) mass is 299 g/mol. The number of pyridine rings is 1. The Kier molecular flexibility index (Phi) is 4.27. The molecule has 1 aromatic heterocycles. The molecule has 2 aliphatic heterocycles. The third-order valence-corrected chi connectivity index (χ3v) is 4.83. The molecular formula is C14H19Cl2N3. The number of nitrogens with zero attached hydrogens (tertiary/aromatic N) is 3.